The fraction of sp³-hybridized carbons (Fsp3) is 0.154. The molecule has 0 saturated heterocycles. The number of rotatable bonds is 7. The molecule has 1 aliphatic rings. The number of hydrogen-bond acceptors (Lipinski definition) is 5. The summed E-state index contributed by atoms with van der Waals surface area (Å²) >= 11 is 6.13. The number of halogens is 1. The Bertz CT molecular complexity index is 1240. The molecule has 0 fully saturated rings. The minimum absolute atomic E-state index is 0.0453. The minimum atomic E-state index is -0.481. The fourth-order valence-electron chi connectivity index (χ4n) is 3.63. The maximum atomic E-state index is 13.6. The molecule has 0 aliphatic carbocycles. The number of amides is 2. The molecular weight excluding hydrogens is 440 g/mol. The maximum absolute atomic E-state index is 13.6. The van der Waals surface area contributed by atoms with Gasteiger partial charge in [0.1, 0.15) is 17.2 Å². The van der Waals surface area contributed by atoms with Crippen LogP contribution >= 0.6 is 11.6 Å². The highest BCUT2D eigenvalue weighted by atomic mass is 35.5. The topological polar surface area (TPSA) is 67.9 Å². The number of carbonyl (C=O) groups excluding carboxylic acids is 2. The summed E-state index contributed by atoms with van der Waals surface area (Å²) < 4.78 is 11.2. The quantitative estimate of drug-likeness (QED) is 0.467. The van der Waals surface area contributed by atoms with E-state index in [1.807, 2.05) is 26.0 Å². The van der Waals surface area contributed by atoms with Crippen LogP contribution in [0, 0.1) is 0 Å². The minimum Gasteiger partial charge on any atom is -0.496 e. The lowest BCUT2D eigenvalue weighted by Gasteiger charge is -2.16. The van der Waals surface area contributed by atoms with E-state index in [-0.39, 0.29) is 17.4 Å². The highest BCUT2D eigenvalue weighted by Crippen LogP contribution is 2.38. The van der Waals surface area contributed by atoms with Crippen molar-refractivity contribution in [2.75, 3.05) is 17.3 Å². The van der Waals surface area contributed by atoms with Crippen LogP contribution in [-0.4, -0.2) is 25.0 Å². The third-order valence-electron chi connectivity index (χ3n) is 5.02. The van der Waals surface area contributed by atoms with Crippen molar-refractivity contribution in [2.24, 2.45) is 0 Å². The zero-order chi connectivity index (χ0) is 23.5. The van der Waals surface area contributed by atoms with Gasteiger partial charge in [0, 0.05) is 16.3 Å². The predicted molar refractivity (Wildman–Crippen MR) is 130 cm³/mol. The van der Waals surface area contributed by atoms with Crippen molar-refractivity contribution in [2.45, 2.75) is 20.0 Å². The van der Waals surface area contributed by atoms with Crippen molar-refractivity contribution >= 4 is 40.4 Å². The highest BCUT2D eigenvalue weighted by molar-refractivity contribution is 6.46. The summed E-state index contributed by atoms with van der Waals surface area (Å²) in [6, 6.07) is 20.9. The molecule has 1 heterocycles. The summed E-state index contributed by atoms with van der Waals surface area (Å²) in [6.07, 6.45) is 0.0453. The molecule has 0 saturated carbocycles. The van der Waals surface area contributed by atoms with Crippen molar-refractivity contribution in [1.29, 1.82) is 0 Å². The van der Waals surface area contributed by atoms with Crippen LogP contribution in [0.3, 0.4) is 0 Å². The summed E-state index contributed by atoms with van der Waals surface area (Å²) in [7, 11) is 1.52. The lowest BCUT2D eigenvalue weighted by Crippen LogP contribution is -2.32. The van der Waals surface area contributed by atoms with Gasteiger partial charge in [-0.1, -0.05) is 35.9 Å². The standard InChI is InChI=1S/C26H23ClN2O4/c1-16(2)33-20-13-11-18(12-14-20)28-24-23(21-9-4-5-10-22(21)32-3)25(30)29(26(24)31)19-8-6-7-17(27)15-19/h4-16,28H,1-3H3. The van der Waals surface area contributed by atoms with E-state index in [1.165, 1.54) is 7.11 Å². The number of methoxy groups -OCH3 is 1. The number of anilines is 2. The second kappa shape index (κ2) is 9.38. The number of nitrogens with one attached hydrogen (secondary N) is 1. The smallest absolute Gasteiger partial charge is 0.282 e. The van der Waals surface area contributed by atoms with Gasteiger partial charge in [0.15, 0.2) is 0 Å². The van der Waals surface area contributed by atoms with E-state index >= 15 is 0 Å². The van der Waals surface area contributed by atoms with Crippen LogP contribution in [-0.2, 0) is 9.59 Å². The van der Waals surface area contributed by atoms with Crippen molar-refractivity contribution in [3.05, 3.63) is 89.1 Å². The number of para-hydroxylation sites is 1. The Kier molecular flexibility index (Phi) is 6.38. The van der Waals surface area contributed by atoms with E-state index in [1.54, 1.807) is 60.7 Å². The van der Waals surface area contributed by atoms with Crippen molar-refractivity contribution in [3.8, 4) is 11.5 Å². The average Bonchev–Trinajstić information content (AvgIpc) is 3.03. The Morgan fingerprint density at radius 1 is 0.909 bits per heavy atom. The van der Waals surface area contributed by atoms with Gasteiger partial charge in [-0.05, 0) is 62.4 Å². The summed E-state index contributed by atoms with van der Waals surface area (Å²) in [5.41, 5.74) is 1.93. The predicted octanol–water partition coefficient (Wildman–Crippen LogP) is 5.53. The Morgan fingerprint density at radius 3 is 2.30 bits per heavy atom. The van der Waals surface area contributed by atoms with Crippen LogP contribution in [0.25, 0.3) is 5.57 Å². The van der Waals surface area contributed by atoms with Gasteiger partial charge in [-0.15, -0.1) is 0 Å². The van der Waals surface area contributed by atoms with Gasteiger partial charge in [-0.3, -0.25) is 9.59 Å². The largest absolute Gasteiger partial charge is 0.496 e. The van der Waals surface area contributed by atoms with E-state index in [9.17, 15) is 9.59 Å². The van der Waals surface area contributed by atoms with Gasteiger partial charge in [0.2, 0.25) is 0 Å². The molecule has 7 heteroatoms. The number of nitrogens with zero attached hydrogens (tertiary/aromatic N) is 1. The second-order valence-corrected chi connectivity index (χ2v) is 8.13. The molecule has 3 aromatic rings. The molecule has 0 unspecified atom stereocenters. The first-order chi connectivity index (χ1) is 15.9. The average molecular weight is 463 g/mol. The summed E-state index contributed by atoms with van der Waals surface area (Å²) in [5, 5.41) is 3.56. The molecule has 0 aromatic heterocycles. The van der Waals surface area contributed by atoms with Gasteiger partial charge >= 0.3 is 0 Å². The van der Waals surface area contributed by atoms with Crippen LogP contribution in [0.1, 0.15) is 19.4 Å². The Balaban J connectivity index is 1.78. The van der Waals surface area contributed by atoms with Gasteiger partial charge in [-0.2, -0.15) is 0 Å². The third kappa shape index (κ3) is 4.56. The Morgan fingerprint density at radius 2 is 1.64 bits per heavy atom. The molecule has 6 nitrogen and oxygen atoms in total. The number of benzene rings is 3. The molecule has 2 amide bonds. The Labute approximate surface area is 197 Å². The van der Waals surface area contributed by atoms with Crippen molar-refractivity contribution < 1.29 is 19.1 Å². The van der Waals surface area contributed by atoms with Gasteiger partial charge in [0.25, 0.3) is 11.8 Å². The number of imide groups is 1. The lowest BCUT2D eigenvalue weighted by atomic mass is 10.0. The zero-order valence-corrected chi connectivity index (χ0v) is 19.2. The maximum Gasteiger partial charge on any atom is 0.282 e. The van der Waals surface area contributed by atoms with Crippen molar-refractivity contribution in [1.82, 2.24) is 0 Å². The molecule has 0 bridgehead atoms. The second-order valence-electron chi connectivity index (χ2n) is 7.69. The third-order valence-corrected chi connectivity index (χ3v) is 5.26. The first-order valence-corrected chi connectivity index (χ1v) is 10.8. The van der Waals surface area contributed by atoms with Crippen molar-refractivity contribution in [3.63, 3.8) is 0 Å². The van der Waals surface area contributed by atoms with Crippen LogP contribution in [0.5, 0.6) is 11.5 Å². The molecule has 33 heavy (non-hydrogen) atoms. The van der Waals surface area contributed by atoms with E-state index in [2.05, 4.69) is 5.32 Å². The highest BCUT2D eigenvalue weighted by Gasteiger charge is 2.41. The summed E-state index contributed by atoms with van der Waals surface area (Å²) in [5.74, 6) is 0.255. The zero-order valence-electron chi connectivity index (χ0n) is 18.5. The number of carbonyl (C=O) groups is 2. The lowest BCUT2D eigenvalue weighted by molar-refractivity contribution is -0.120. The van der Waals surface area contributed by atoms with E-state index < -0.39 is 11.8 Å². The molecule has 1 N–H and O–H groups in total. The summed E-state index contributed by atoms with van der Waals surface area (Å²) in [4.78, 5) is 28.2. The molecule has 3 aromatic carbocycles. The monoisotopic (exact) mass is 462 g/mol. The first kappa shape index (κ1) is 22.4. The summed E-state index contributed by atoms with van der Waals surface area (Å²) in [6.45, 7) is 3.90. The van der Waals surface area contributed by atoms with Gasteiger partial charge in [-0.25, -0.2) is 4.90 Å². The van der Waals surface area contributed by atoms with Crippen LogP contribution in [0.4, 0.5) is 11.4 Å². The Hall–Kier alpha value is -3.77. The van der Waals surface area contributed by atoms with Crippen LogP contribution in [0.2, 0.25) is 5.02 Å². The molecule has 4 rings (SSSR count). The first-order valence-electron chi connectivity index (χ1n) is 10.4. The van der Waals surface area contributed by atoms with Crippen LogP contribution < -0.4 is 19.7 Å². The number of ether oxygens (including phenoxy) is 2. The molecule has 0 atom stereocenters. The van der Waals surface area contributed by atoms with E-state index in [0.717, 1.165) is 4.90 Å². The normalized spacial score (nSPS) is 13.7. The molecule has 1 aliphatic heterocycles. The molecule has 0 spiro atoms. The van der Waals surface area contributed by atoms with E-state index in [0.29, 0.717) is 33.5 Å². The number of hydrogen-bond donors (Lipinski definition) is 1. The SMILES string of the molecule is COc1ccccc1C1=C(Nc2ccc(OC(C)C)cc2)C(=O)N(c2cccc(Cl)c2)C1=O. The molecule has 168 valence electrons. The fourth-order valence-corrected chi connectivity index (χ4v) is 3.81. The van der Waals surface area contributed by atoms with E-state index in [4.69, 9.17) is 21.1 Å². The molecular formula is C26H23ClN2O4. The van der Waals surface area contributed by atoms with Gasteiger partial charge in [0.05, 0.1) is 24.5 Å². The van der Waals surface area contributed by atoms with Gasteiger partial charge < -0.3 is 14.8 Å². The van der Waals surface area contributed by atoms with Crippen LogP contribution in [0.15, 0.2) is 78.5 Å². The molecule has 0 radical (unpaired) electrons.